The lowest BCUT2D eigenvalue weighted by Crippen LogP contribution is -2.28. The van der Waals surface area contributed by atoms with Crippen LogP contribution in [0.3, 0.4) is 0 Å². The van der Waals surface area contributed by atoms with Crippen molar-refractivity contribution in [1.82, 2.24) is 0 Å². The normalized spacial score (nSPS) is 13.7. The second-order valence-corrected chi connectivity index (χ2v) is 3.74. The van der Waals surface area contributed by atoms with Crippen LogP contribution < -0.4 is 5.73 Å². The predicted octanol–water partition coefficient (Wildman–Crippen LogP) is 1.88. The van der Waals surface area contributed by atoms with Gasteiger partial charge in [-0.15, -0.1) is 0 Å². The highest BCUT2D eigenvalue weighted by Gasteiger charge is 2.39. The second-order valence-electron chi connectivity index (χ2n) is 3.74. The monoisotopic (exact) mass is 249 g/mol. The lowest BCUT2D eigenvalue weighted by molar-refractivity contribution is -0.149. The Bertz CT molecular complexity index is 379. The molecule has 0 aliphatic rings. The molecule has 0 bridgehead atoms. The maximum atomic E-state index is 12.4. The van der Waals surface area contributed by atoms with E-state index < -0.39 is 18.0 Å². The van der Waals surface area contributed by atoms with Crippen molar-refractivity contribution >= 4 is 0 Å². The third-order valence-corrected chi connectivity index (χ3v) is 2.40. The van der Waals surface area contributed by atoms with E-state index in [2.05, 4.69) is 0 Å². The first kappa shape index (κ1) is 13.8. The van der Waals surface area contributed by atoms with E-state index in [1.807, 2.05) is 0 Å². The molecule has 96 valence electrons. The van der Waals surface area contributed by atoms with Crippen LogP contribution in [0.25, 0.3) is 0 Å². The first-order chi connectivity index (χ1) is 7.86. The average molecular weight is 249 g/mol. The van der Waals surface area contributed by atoms with E-state index in [0.29, 0.717) is 18.4 Å². The number of rotatable bonds is 4. The van der Waals surface area contributed by atoms with Crippen LogP contribution in [-0.4, -0.2) is 23.0 Å². The summed E-state index contributed by atoms with van der Waals surface area (Å²) >= 11 is 0. The lowest BCUT2D eigenvalue weighted by atomic mass is 10.0. The quantitative estimate of drug-likeness (QED) is 0.763. The number of aryl methyl sites for hydroxylation is 1. The number of phenolic OH excluding ortho intramolecular Hbond substituents is 1. The van der Waals surface area contributed by atoms with Gasteiger partial charge in [0.15, 0.2) is 0 Å². The average Bonchev–Trinajstić information content (AvgIpc) is 2.26. The summed E-state index contributed by atoms with van der Waals surface area (Å²) in [5.74, 6) is -0.470. The molecule has 0 saturated heterocycles. The molecule has 0 fully saturated rings. The van der Waals surface area contributed by atoms with Gasteiger partial charge < -0.3 is 15.9 Å². The summed E-state index contributed by atoms with van der Waals surface area (Å²) in [7, 11) is 0. The van der Waals surface area contributed by atoms with E-state index in [1.54, 1.807) is 0 Å². The molecule has 4 N–H and O–H groups in total. The van der Waals surface area contributed by atoms with Crippen LogP contribution in [-0.2, 0) is 6.42 Å². The summed E-state index contributed by atoms with van der Waals surface area (Å²) in [6.07, 6.45) is -3.70. The van der Waals surface area contributed by atoms with Crippen LogP contribution in [0.1, 0.15) is 23.6 Å². The maximum Gasteiger partial charge on any atom is 0.407 e. The second kappa shape index (κ2) is 5.37. The molecule has 0 heterocycles. The van der Waals surface area contributed by atoms with E-state index in [1.165, 1.54) is 18.2 Å². The Morgan fingerprint density at radius 2 is 1.94 bits per heavy atom. The third kappa shape index (κ3) is 3.61. The number of hydrogen-bond donors (Lipinski definition) is 3. The van der Waals surface area contributed by atoms with Gasteiger partial charge in [0.05, 0.1) is 0 Å². The van der Waals surface area contributed by atoms with E-state index >= 15 is 0 Å². The molecular formula is C11H14F3NO2. The molecule has 0 unspecified atom stereocenters. The molecule has 17 heavy (non-hydrogen) atoms. The van der Waals surface area contributed by atoms with Crippen molar-refractivity contribution in [2.75, 3.05) is 6.61 Å². The zero-order valence-electron chi connectivity index (χ0n) is 9.04. The van der Waals surface area contributed by atoms with Gasteiger partial charge in [0, 0.05) is 12.2 Å². The summed E-state index contributed by atoms with van der Waals surface area (Å²) in [6.45, 7) is -0.0401. The number of halogens is 3. The molecule has 1 atom stereocenters. The zero-order chi connectivity index (χ0) is 13.1. The van der Waals surface area contributed by atoms with Gasteiger partial charge in [0.25, 0.3) is 0 Å². The summed E-state index contributed by atoms with van der Waals surface area (Å²) < 4.78 is 37.3. The van der Waals surface area contributed by atoms with Crippen LogP contribution in [0.15, 0.2) is 18.2 Å². The molecule has 0 aromatic heterocycles. The van der Waals surface area contributed by atoms with Gasteiger partial charge in [0.2, 0.25) is 0 Å². The molecule has 1 rings (SSSR count). The fourth-order valence-corrected chi connectivity index (χ4v) is 1.47. The van der Waals surface area contributed by atoms with Gasteiger partial charge in [0.1, 0.15) is 11.8 Å². The minimum atomic E-state index is -4.59. The predicted molar refractivity (Wildman–Crippen MR) is 56.5 cm³/mol. The fourth-order valence-electron chi connectivity index (χ4n) is 1.47. The zero-order valence-corrected chi connectivity index (χ0v) is 9.04. The molecular weight excluding hydrogens is 235 g/mol. The number of aromatic hydroxyl groups is 1. The first-order valence-corrected chi connectivity index (χ1v) is 5.11. The van der Waals surface area contributed by atoms with E-state index in [-0.39, 0.29) is 12.2 Å². The first-order valence-electron chi connectivity index (χ1n) is 5.11. The minimum absolute atomic E-state index is 0.0401. The van der Waals surface area contributed by atoms with Gasteiger partial charge >= 0.3 is 6.18 Å². The van der Waals surface area contributed by atoms with Crippen molar-refractivity contribution in [2.24, 2.45) is 5.73 Å². The summed E-state index contributed by atoms with van der Waals surface area (Å²) in [5.41, 5.74) is 5.30. The van der Waals surface area contributed by atoms with Crippen LogP contribution in [0.2, 0.25) is 0 Å². The van der Waals surface area contributed by atoms with Crippen LogP contribution in [0, 0.1) is 0 Å². The third-order valence-electron chi connectivity index (χ3n) is 2.40. The largest absolute Gasteiger partial charge is 0.508 e. The Morgan fingerprint density at radius 3 is 2.47 bits per heavy atom. The number of nitrogens with two attached hydrogens (primary N) is 1. The highest BCUT2D eigenvalue weighted by Crippen LogP contribution is 2.35. The molecule has 0 aliphatic carbocycles. The molecule has 0 saturated carbocycles. The van der Waals surface area contributed by atoms with Crippen molar-refractivity contribution in [1.29, 1.82) is 0 Å². The number of aliphatic hydroxyl groups excluding tert-OH is 1. The Hall–Kier alpha value is -1.27. The highest BCUT2D eigenvalue weighted by molar-refractivity contribution is 5.39. The number of aliphatic hydroxyl groups is 1. The van der Waals surface area contributed by atoms with Crippen molar-refractivity contribution in [2.45, 2.75) is 25.1 Å². The molecule has 6 heteroatoms. The Morgan fingerprint density at radius 1 is 1.29 bits per heavy atom. The number of hydrogen-bond acceptors (Lipinski definition) is 3. The van der Waals surface area contributed by atoms with E-state index in [9.17, 15) is 18.3 Å². The number of benzene rings is 1. The number of phenols is 1. The van der Waals surface area contributed by atoms with Gasteiger partial charge in [-0.3, -0.25) is 0 Å². The standard InChI is InChI=1S/C11H14F3NO2/c12-11(13,14)10(15)8-6-7(2-1-5-16)3-4-9(8)17/h3-4,6,10,16-17H,1-2,5,15H2/t10-/m1/s1. The van der Waals surface area contributed by atoms with E-state index in [4.69, 9.17) is 10.8 Å². The summed E-state index contributed by atoms with van der Waals surface area (Å²) in [5, 5.41) is 18.0. The summed E-state index contributed by atoms with van der Waals surface area (Å²) in [6, 6.07) is 1.73. The van der Waals surface area contributed by atoms with Gasteiger partial charge in [-0.2, -0.15) is 13.2 Å². The number of alkyl halides is 3. The fraction of sp³-hybridized carbons (Fsp3) is 0.455. The minimum Gasteiger partial charge on any atom is -0.508 e. The van der Waals surface area contributed by atoms with E-state index in [0.717, 1.165) is 0 Å². The van der Waals surface area contributed by atoms with Crippen molar-refractivity contribution in [3.05, 3.63) is 29.3 Å². The molecule has 0 amide bonds. The molecule has 0 aliphatic heterocycles. The van der Waals surface area contributed by atoms with Crippen LogP contribution >= 0.6 is 0 Å². The van der Waals surface area contributed by atoms with Crippen molar-refractivity contribution < 1.29 is 23.4 Å². The lowest BCUT2D eigenvalue weighted by Gasteiger charge is -2.17. The molecule has 3 nitrogen and oxygen atoms in total. The van der Waals surface area contributed by atoms with Crippen molar-refractivity contribution in [3.63, 3.8) is 0 Å². The summed E-state index contributed by atoms with van der Waals surface area (Å²) in [4.78, 5) is 0. The molecule has 1 aromatic rings. The molecule has 1 aromatic carbocycles. The van der Waals surface area contributed by atoms with Crippen LogP contribution in [0.5, 0.6) is 5.75 Å². The van der Waals surface area contributed by atoms with Crippen LogP contribution in [0.4, 0.5) is 13.2 Å². The van der Waals surface area contributed by atoms with Gasteiger partial charge in [-0.25, -0.2) is 0 Å². The SMILES string of the molecule is N[C@H](c1cc(CCCO)ccc1O)C(F)(F)F. The van der Waals surface area contributed by atoms with Crippen molar-refractivity contribution in [3.8, 4) is 5.75 Å². The van der Waals surface area contributed by atoms with Gasteiger partial charge in [-0.05, 0) is 24.5 Å². The maximum absolute atomic E-state index is 12.4. The molecule has 0 spiro atoms. The Balaban J connectivity index is 2.98. The van der Waals surface area contributed by atoms with Gasteiger partial charge in [-0.1, -0.05) is 12.1 Å². The topological polar surface area (TPSA) is 66.5 Å². The molecule has 0 radical (unpaired) electrons. The highest BCUT2D eigenvalue weighted by atomic mass is 19.4. The smallest absolute Gasteiger partial charge is 0.407 e. The Kier molecular flexibility index (Phi) is 4.36. The Labute approximate surface area is 96.7 Å².